The monoisotopic (exact) mass is 376 g/mol. The van der Waals surface area contributed by atoms with E-state index in [0.717, 1.165) is 16.9 Å². The van der Waals surface area contributed by atoms with Crippen LogP contribution in [0.2, 0.25) is 0 Å². The van der Waals surface area contributed by atoms with Crippen molar-refractivity contribution in [3.63, 3.8) is 0 Å². The van der Waals surface area contributed by atoms with Crippen molar-refractivity contribution in [2.75, 3.05) is 18.8 Å². The Morgan fingerprint density at radius 1 is 1.15 bits per heavy atom. The van der Waals surface area contributed by atoms with Crippen LogP contribution in [0, 0.1) is 13.8 Å². The van der Waals surface area contributed by atoms with Gasteiger partial charge in [-0.15, -0.1) is 0 Å². The molecule has 1 saturated heterocycles. The lowest BCUT2D eigenvalue weighted by Gasteiger charge is -2.32. The van der Waals surface area contributed by atoms with Crippen LogP contribution < -0.4 is 4.72 Å². The number of carbonyl (C=O) groups is 1. The minimum absolute atomic E-state index is 0.0521. The molecule has 1 amide bonds. The molecule has 1 aliphatic rings. The normalized spacial score (nSPS) is 16.2. The first-order chi connectivity index (χ1) is 12.3. The number of nitrogens with zero attached hydrogens (tertiary/aromatic N) is 3. The number of benzene rings is 1. The van der Waals surface area contributed by atoms with Gasteiger partial charge in [-0.25, -0.2) is 23.1 Å². The highest BCUT2D eigenvalue weighted by Crippen LogP contribution is 2.18. The molecule has 0 aliphatic carbocycles. The Morgan fingerprint density at radius 3 is 2.38 bits per heavy atom. The Kier molecular flexibility index (Phi) is 5.24. The van der Waals surface area contributed by atoms with Gasteiger partial charge in [-0.2, -0.15) is 0 Å². The Hall–Kier alpha value is -2.06. The van der Waals surface area contributed by atoms with Crippen LogP contribution in [0.15, 0.2) is 18.2 Å². The third-order valence-electron chi connectivity index (χ3n) is 4.83. The van der Waals surface area contributed by atoms with Crippen molar-refractivity contribution < 1.29 is 13.2 Å². The lowest BCUT2D eigenvalue weighted by Crippen LogP contribution is -2.46. The fraction of sp³-hybridized carbons (Fsp3) is 0.500. The summed E-state index contributed by atoms with van der Waals surface area (Å²) in [6, 6.07) is 5.28. The summed E-state index contributed by atoms with van der Waals surface area (Å²) in [4.78, 5) is 23.6. The van der Waals surface area contributed by atoms with Gasteiger partial charge in [0.25, 0.3) is 5.91 Å². The molecule has 0 atom stereocenters. The molecule has 1 aromatic carbocycles. The molecule has 1 aliphatic heterocycles. The second-order valence-corrected chi connectivity index (χ2v) is 8.73. The summed E-state index contributed by atoms with van der Waals surface area (Å²) in [5.74, 6) is 0.0205. The average Bonchev–Trinajstić information content (AvgIpc) is 2.62. The maximum atomic E-state index is 12.8. The standard InChI is InChI=1S/C18H24N4O3S/c1-4-26(24,25)21-15-7-9-22(10-8-15)18(23)14-5-6-16-17(11-14)20-13(3)12(2)19-16/h5-6,11,15,21H,4,7-10H2,1-3H3. The number of amides is 1. The summed E-state index contributed by atoms with van der Waals surface area (Å²) >= 11 is 0. The number of sulfonamides is 1. The van der Waals surface area contributed by atoms with Crippen LogP contribution in [0.5, 0.6) is 0 Å². The highest BCUT2D eigenvalue weighted by atomic mass is 32.2. The van der Waals surface area contributed by atoms with Gasteiger partial charge in [-0.1, -0.05) is 0 Å². The maximum absolute atomic E-state index is 12.8. The summed E-state index contributed by atoms with van der Waals surface area (Å²) in [5, 5.41) is 0. The van der Waals surface area contributed by atoms with Crippen molar-refractivity contribution in [2.24, 2.45) is 0 Å². The topological polar surface area (TPSA) is 92.3 Å². The molecule has 26 heavy (non-hydrogen) atoms. The van der Waals surface area contributed by atoms with E-state index in [-0.39, 0.29) is 17.7 Å². The number of aryl methyl sites for hydroxylation is 2. The van der Waals surface area contributed by atoms with Gasteiger partial charge in [0.2, 0.25) is 10.0 Å². The fourth-order valence-electron chi connectivity index (χ4n) is 3.08. The first-order valence-electron chi connectivity index (χ1n) is 8.83. The number of hydrogen-bond donors (Lipinski definition) is 1. The van der Waals surface area contributed by atoms with E-state index in [4.69, 9.17) is 0 Å². The minimum Gasteiger partial charge on any atom is -0.339 e. The number of hydrogen-bond acceptors (Lipinski definition) is 5. The fourth-order valence-corrected chi connectivity index (χ4v) is 3.99. The molecule has 0 spiro atoms. The van der Waals surface area contributed by atoms with Crippen LogP contribution in [0.1, 0.15) is 41.5 Å². The molecule has 1 fully saturated rings. The van der Waals surface area contributed by atoms with Crippen LogP contribution in [0.3, 0.4) is 0 Å². The summed E-state index contributed by atoms with van der Waals surface area (Å²) in [7, 11) is -3.21. The minimum atomic E-state index is -3.21. The molecule has 0 unspecified atom stereocenters. The van der Waals surface area contributed by atoms with Crippen LogP contribution in [0.4, 0.5) is 0 Å². The van der Waals surface area contributed by atoms with Gasteiger partial charge in [0, 0.05) is 24.7 Å². The maximum Gasteiger partial charge on any atom is 0.253 e. The zero-order chi connectivity index (χ0) is 18.9. The van der Waals surface area contributed by atoms with Crippen LogP contribution >= 0.6 is 0 Å². The van der Waals surface area contributed by atoms with E-state index in [1.165, 1.54) is 0 Å². The average molecular weight is 376 g/mol. The molecule has 2 heterocycles. The third-order valence-corrected chi connectivity index (χ3v) is 6.28. The molecule has 140 valence electrons. The quantitative estimate of drug-likeness (QED) is 0.878. The number of rotatable bonds is 4. The van der Waals surface area contributed by atoms with Crippen molar-refractivity contribution in [3.8, 4) is 0 Å². The lowest BCUT2D eigenvalue weighted by molar-refractivity contribution is 0.0711. The number of carbonyl (C=O) groups excluding carboxylic acids is 1. The highest BCUT2D eigenvalue weighted by molar-refractivity contribution is 7.89. The summed E-state index contributed by atoms with van der Waals surface area (Å²) in [6.45, 7) is 6.50. The van der Waals surface area contributed by atoms with Gasteiger partial charge in [0.05, 0.1) is 28.2 Å². The van der Waals surface area contributed by atoms with Gasteiger partial charge in [-0.05, 0) is 51.8 Å². The summed E-state index contributed by atoms with van der Waals surface area (Å²) in [5.41, 5.74) is 3.81. The van der Waals surface area contributed by atoms with E-state index in [2.05, 4.69) is 14.7 Å². The summed E-state index contributed by atoms with van der Waals surface area (Å²) in [6.07, 6.45) is 1.24. The first-order valence-corrected chi connectivity index (χ1v) is 10.5. The van der Waals surface area contributed by atoms with Crippen LogP contribution in [-0.2, 0) is 10.0 Å². The van der Waals surface area contributed by atoms with Crippen LogP contribution in [0.25, 0.3) is 11.0 Å². The lowest BCUT2D eigenvalue weighted by atomic mass is 10.0. The van der Waals surface area contributed by atoms with Gasteiger partial charge >= 0.3 is 0 Å². The van der Waals surface area contributed by atoms with Crippen molar-refractivity contribution in [2.45, 2.75) is 39.7 Å². The van der Waals surface area contributed by atoms with Gasteiger partial charge < -0.3 is 4.90 Å². The zero-order valence-electron chi connectivity index (χ0n) is 15.3. The molecule has 0 bridgehead atoms. The predicted octanol–water partition coefficient (Wildman–Crippen LogP) is 1.79. The Balaban J connectivity index is 1.70. The number of fused-ring (bicyclic) bond motifs is 1. The van der Waals surface area contributed by atoms with E-state index >= 15 is 0 Å². The molecule has 0 radical (unpaired) electrons. The van der Waals surface area contributed by atoms with E-state index in [1.54, 1.807) is 24.0 Å². The third kappa shape index (κ3) is 4.02. The van der Waals surface area contributed by atoms with Gasteiger partial charge in [0.15, 0.2) is 0 Å². The van der Waals surface area contributed by atoms with Gasteiger partial charge in [0.1, 0.15) is 0 Å². The van der Waals surface area contributed by atoms with Crippen LogP contribution in [-0.4, -0.2) is 54.1 Å². The van der Waals surface area contributed by atoms with E-state index in [1.807, 2.05) is 19.9 Å². The zero-order valence-corrected chi connectivity index (χ0v) is 16.1. The number of likely N-dealkylation sites (tertiary alicyclic amines) is 1. The molecule has 1 aromatic heterocycles. The molecule has 0 saturated carbocycles. The van der Waals surface area contributed by atoms with Crippen molar-refractivity contribution in [3.05, 3.63) is 35.2 Å². The largest absolute Gasteiger partial charge is 0.339 e. The molecule has 3 rings (SSSR count). The second-order valence-electron chi connectivity index (χ2n) is 6.69. The summed E-state index contributed by atoms with van der Waals surface area (Å²) < 4.78 is 26.0. The molecular weight excluding hydrogens is 352 g/mol. The van der Waals surface area contributed by atoms with E-state index in [9.17, 15) is 13.2 Å². The predicted molar refractivity (Wildman–Crippen MR) is 101 cm³/mol. The number of nitrogens with one attached hydrogen (secondary N) is 1. The molecule has 2 aromatic rings. The Morgan fingerprint density at radius 2 is 1.77 bits per heavy atom. The number of piperidine rings is 1. The second kappa shape index (κ2) is 7.28. The Bertz CT molecular complexity index is 935. The highest BCUT2D eigenvalue weighted by Gasteiger charge is 2.26. The van der Waals surface area contributed by atoms with Crippen molar-refractivity contribution >= 4 is 27.0 Å². The molecule has 7 nitrogen and oxygen atoms in total. The van der Waals surface area contributed by atoms with Gasteiger partial charge in [-0.3, -0.25) is 4.79 Å². The number of aromatic nitrogens is 2. The smallest absolute Gasteiger partial charge is 0.253 e. The molecule has 1 N–H and O–H groups in total. The van der Waals surface area contributed by atoms with E-state index in [0.29, 0.717) is 37.0 Å². The van der Waals surface area contributed by atoms with E-state index < -0.39 is 10.0 Å². The molecular formula is C18H24N4O3S. The first kappa shape index (κ1) is 18.7. The Labute approximate surface area is 153 Å². The SMILES string of the molecule is CCS(=O)(=O)NC1CCN(C(=O)c2ccc3nc(C)c(C)nc3c2)CC1. The molecule has 8 heteroatoms. The van der Waals surface area contributed by atoms with Crippen molar-refractivity contribution in [1.82, 2.24) is 19.6 Å². The van der Waals surface area contributed by atoms with Crippen molar-refractivity contribution in [1.29, 1.82) is 0 Å².